The molecule has 3 rings (SSSR count). The number of aromatic nitrogens is 1. The summed E-state index contributed by atoms with van der Waals surface area (Å²) in [5, 5.41) is 8.82. The topological polar surface area (TPSA) is 59.4 Å². The average molecular weight is 363 g/mol. The van der Waals surface area contributed by atoms with Crippen molar-refractivity contribution in [1.29, 1.82) is 0 Å². The van der Waals surface area contributed by atoms with Gasteiger partial charge in [0, 0.05) is 17.3 Å². The summed E-state index contributed by atoms with van der Waals surface area (Å²) in [4.78, 5) is 15.0. The maximum atomic E-state index is 10.7. The second-order valence-electron chi connectivity index (χ2n) is 8.46. The Morgan fingerprint density at radius 3 is 2.59 bits per heavy atom. The molecule has 0 amide bonds. The van der Waals surface area contributed by atoms with Crippen LogP contribution in [0.1, 0.15) is 62.1 Å². The Kier molecular flexibility index (Phi) is 4.73. The van der Waals surface area contributed by atoms with Crippen molar-refractivity contribution in [2.24, 2.45) is 0 Å². The lowest BCUT2D eigenvalue weighted by molar-refractivity contribution is -0.136. The molecule has 0 atom stereocenters. The van der Waals surface area contributed by atoms with Crippen molar-refractivity contribution in [3.63, 3.8) is 0 Å². The Morgan fingerprint density at radius 1 is 1.22 bits per heavy atom. The minimum atomic E-state index is -0.867. The van der Waals surface area contributed by atoms with Crippen LogP contribution in [-0.4, -0.2) is 21.7 Å². The zero-order valence-electron chi connectivity index (χ0n) is 16.5. The van der Waals surface area contributed by atoms with Crippen molar-refractivity contribution in [3.8, 4) is 17.6 Å². The number of fused-ring (bicyclic) bond motifs is 1. The van der Waals surface area contributed by atoms with E-state index in [0.29, 0.717) is 11.3 Å². The maximum absolute atomic E-state index is 10.7. The number of aryl methyl sites for hydroxylation is 1. The van der Waals surface area contributed by atoms with Gasteiger partial charge < -0.3 is 9.84 Å². The van der Waals surface area contributed by atoms with Crippen molar-refractivity contribution >= 4 is 5.97 Å². The number of hydrogen-bond acceptors (Lipinski definition) is 3. The molecule has 0 aliphatic carbocycles. The van der Waals surface area contributed by atoms with Crippen LogP contribution >= 0.6 is 0 Å². The van der Waals surface area contributed by atoms with Gasteiger partial charge in [-0.15, -0.1) is 0 Å². The van der Waals surface area contributed by atoms with Crippen LogP contribution in [0, 0.1) is 18.8 Å². The van der Waals surface area contributed by atoms with Gasteiger partial charge in [0.15, 0.2) is 0 Å². The SMILES string of the molecule is Cc1cc2c(cc1C#Cc1ccc(CC(=O)O)cn1)C(C)(C)CC(C)(C)O2. The molecular weight excluding hydrogens is 338 g/mol. The van der Waals surface area contributed by atoms with E-state index in [9.17, 15) is 4.79 Å². The summed E-state index contributed by atoms with van der Waals surface area (Å²) in [6.45, 7) is 10.8. The molecule has 0 radical (unpaired) electrons. The number of carbonyl (C=O) groups is 1. The van der Waals surface area contributed by atoms with Crippen LogP contribution in [0.15, 0.2) is 30.5 Å². The van der Waals surface area contributed by atoms with Crippen molar-refractivity contribution in [2.45, 2.75) is 58.5 Å². The fraction of sp³-hybridized carbons (Fsp3) is 0.391. The van der Waals surface area contributed by atoms with Crippen LogP contribution in [-0.2, 0) is 16.6 Å². The molecule has 1 aromatic heterocycles. The predicted molar refractivity (Wildman–Crippen MR) is 105 cm³/mol. The first-order chi connectivity index (χ1) is 12.6. The normalized spacial score (nSPS) is 16.5. The summed E-state index contributed by atoms with van der Waals surface area (Å²) in [6.07, 6.45) is 2.47. The number of rotatable bonds is 2. The molecule has 1 aliphatic rings. The van der Waals surface area contributed by atoms with E-state index in [2.05, 4.69) is 56.7 Å². The van der Waals surface area contributed by atoms with Crippen molar-refractivity contribution < 1.29 is 14.6 Å². The van der Waals surface area contributed by atoms with Crippen LogP contribution in [0.3, 0.4) is 0 Å². The van der Waals surface area contributed by atoms with Gasteiger partial charge in [0.1, 0.15) is 17.0 Å². The van der Waals surface area contributed by atoms with Crippen LogP contribution in [0.5, 0.6) is 5.75 Å². The number of ether oxygens (including phenoxy) is 1. The fourth-order valence-electron chi connectivity index (χ4n) is 3.83. The van der Waals surface area contributed by atoms with E-state index in [1.165, 1.54) is 5.56 Å². The fourth-order valence-corrected chi connectivity index (χ4v) is 3.83. The summed E-state index contributed by atoms with van der Waals surface area (Å²) < 4.78 is 6.19. The van der Waals surface area contributed by atoms with E-state index in [1.807, 2.05) is 6.92 Å². The monoisotopic (exact) mass is 363 g/mol. The molecule has 4 heteroatoms. The minimum Gasteiger partial charge on any atom is -0.488 e. The Labute approximate surface area is 160 Å². The van der Waals surface area contributed by atoms with E-state index < -0.39 is 5.97 Å². The highest BCUT2D eigenvalue weighted by molar-refractivity contribution is 5.70. The van der Waals surface area contributed by atoms with Crippen LogP contribution in [0.25, 0.3) is 0 Å². The summed E-state index contributed by atoms with van der Waals surface area (Å²) in [5.74, 6) is 6.37. The number of carboxylic acids is 1. The molecule has 1 aromatic carbocycles. The van der Waals surface area contributed by atoms with E-state index in [1.54, 1.807) is 18.3 Å². The molecule has 1 N–H and O–H groups in total. The third-order valence-corrected chi connectivity index (χ3v) is 4.81. The van der Waals surface area contributed by atoms with Gasteiger partial charge in [0.2, 0.25) is 0 Å². The lowest BCUT2D eigenvalue weighted by atomic mass is 9.73. The lowest BCUT2D eigenvalue weighted by Crippen LogP contribution is -2.41. The highest BCUT2D eigenvalue weighted by Gasteiger charge is 2.39. The van der Waals surface area contributed by atoms with Crippen molar-refractivity contribution in [1.82, 2.24) is 4.98 Å². The van der Waals surface area contributed by atoms with Gasteiger partial charge in [-0.2, -0.15) is 0 Å². The van der Waals surface area contributed by atoms with E-state index in [4.69, 9.17) is 9.84 Å². The molecule has 27 heavy (non-hydrogen) atoms. The second kappa shape index (κ2) is 6.74. The van der Waals surface area contributed by atoms with E-state index in [0.717, 1.165) is 23.3 Å². The smallest absolute Gasteiger partial charge is 0.307 e. The Balaban J connectivity index is 1.92. The first kappa shape index (κ1) is 19.0. The molecular formula is C23H25NO3. The summed E-state index contributed by atoms with van der Waals surface area (Å²) in [5.41, 5.74) is 4.33. The lowest BCUT2D eigenvalue weighted by Gasteiger charge is -2.42. The van der Waals surface area contributed by atoms with E-state index >= 15 is 0 Å². The zero-order valence-corrected chi connectivity index (χ0v) is 16.5. The van der Waals surface area contributed by atoms with Gasteiger partial charge in [-0.3, -0.25) is 4.79 Å². The minimum absolute atomic E-state index is 0.0118. The number of pyridine rings is 1. The predicted octanol–water partition coefficient (Wildman–Crippen LogP) is 4.26. The van der Waals surface area contributed by atoms with Crippen molar-refractivity contribution in [3.05, 3.63) is 58.4 Å². The van der Waals surface area contributed by atoms with Gasteiger partial charge in [-0.25, -0.2) is 4.98 Å². The van der Waals surface area contributed by atoms with Crippen molar-refractivity contribution in [2.75, 3.05) is 0 Å². The van der Waals surface area contributed by atoms with E-state index in [-0.39, 0.29) is 17.4 Å². The molecule has 0 saturated heterocycles. The second-order valence-corrected chi connectivity index (χ2v) is 8.46. The molecule has 2 heterocycles. The number of carboxylic acid groups (broad SMARTS) is 1. The quantitative estimate of drug-likeness (QED) is 0.810. The molecule has 4 nitrogen and oxygen atoms in total. The van der Waals surface area contributed by atoms with Gasteiger partial charge >= 0.3 is 5.97 Å². The maximum Gasteiger partial charge on any atom is 0.307 e. The third-order valence-electron chi connectivity index (χ3n) is 4.81. The van der Waals surface area contributed by atoms with Gasteiger partial charge in [-0.1, -0.05) is 25.8 Å². The summed E-state index contributed by atoms with van der Waals surface area (Å²) in [6, 6.07) is 7.72. The highest BCUT2D eigenvalue weighted by atomic mass is 16.5. The highest BCUT2D eigenvalue weighted by Crippen LogP contribution is 2.45. The Morgan fingerprint density at radius 2 is 1.96 bits per heavy atom. The molecule has 0 fully saturated rings. The number of aliphatic carboxylic acids is 1. The summed E-state index contributed by atoms with van der Waals surface area (Å²) in [7, 11) is 0. The molecule has 1 aliphatic heterocycles. The van der Waals surface area contributed by atoms with Crippen LogP contribution in [0.2, 0.25) is 0 Å². The average Bonchev–Trinajstić information content (AvgIpc) is 2.52. The molecule has 0 spiro atoms. The standard InChI is InChI=1S/C23H25NO3/c1-15-10-20-19(22(2,3)14-23(4,5)27-20)12-17(15)7-9-18-8-6-16(13-24-18)11-21(25)26/h6,8,10,12-13H,11,14H2,1-5H3,(H,25,26). The van der Waals surface area contributed by atoms with Crippen LogP contribution < -0.4 is 4.74 Å². The first-order valence-corrected chi connectivity index (χ1v) is 9.09. The molecule has 2 aromatic rings. The van der Waals surface area contributed by atoms with Gasteiger partial charge in [0.05, 0.1) is 6.42 Å². The molecule has 0 saturated carbocycles. The molecule has 140 valence electrons. The largest absolute Gasteiger partial charge is 0.488 e. The van der Waals surface area contributed by atoms with Gasteiger partial charge in [-0.05, 0) is 67.9 Å². The number of benzene rings is 1. The third kappa shape index (κ3) is 4.31. The number of hydrogen-bond donors (Lipinski definition) is 1. The molecule has 0 bridgehead atoms. The zero-order chi connectivity index (χ0) is 19.8. The summed E-state index contributed by atoms with van der Waals surface area (Å²) >= 11 is 0. The first-order valence-electron chi connectivity index (χ1n) is 9.09. The van der Waals surface area contributed by atoms with Gasteiger partial charge in [0.25, 0.3) is 0 Å². The Hall–Kier alpha value is -2.80. The number of nitrogens with zero attached hydrogens (tertiary/aromatic N) is 1. The molecule has 0 unspecified atom stereocenters. The Bertz CT molecular complexity index is 944. The van der Waals surface area contributed by atoms with Crippen LogP contribution in [0.4, 0.5) is 0 Å².